The van der Waals surface area contributed by atoms with Crippen LogP contribution in [-0.4, -0.2) is 31.0 Å². The Balaban J connectivity index is 2.49. The monoisotopic (exact) mass is 279 g/mol. The summed E-state index contributed by atoms with van der Waals surface area (Å²) in [5.74, 6) is 0.214. The molecular weight excluding hydrogens is 258 g/mol. The number of likely N-dealkylation sites (N-methyl/N-ethyl adjacent to an activating group) is 1. The molecule has 0 heterocycles. The second-order valence-corrected chi connectivity index (χ2v) is 4.40. The maximum atomic E-state index is 11.4. The average Bonchev–Trinajstić information content (AvgIpc) is 2.43. The smallest absolute Gasteiger partial charge is 0.257 e. The maximum Gasteiger partial charge on any atom is 0.257 e. The highest BCUT2D eigenvalue weighted by atomic mass is 16.5. The molecule has 0 saturated carbocycles. The van der Waals surface area contributed by atoms with Crippen LogP contribution in [-0.2, 0) is 16.1 Å². The van der Waals surface area contributed by atoms with Crippen molar-refractivity contribution in [3.05, 3.63) is 29.8 Å². The normalized spacial score (nSPS) is 11.6. The number of nitrogens with two attached hydrogens (primary N) is 1. The maximum absolute atomic E-state index is 11.4. The molecule has 0 aliphatic rings. The van der Waals surface area contributed by atoms with E-state index in [2.05, 4.69) is 10.6 Å². The average molecular weight is 279 g/mol. The Morgan fingerprint density at radius 1 is 1.35 bits per heavy atom. The number of hydrogen-bond acceptors (Lipinski definition) is 4. The Hall–Kier alpha value is -2.08. The van der Waals surface area contributed by atoms with Crippen LogP contribution in [0.4, 0.5) is 0 Å². The first-order chi connectivity index (χ1) is 9.52. The lowest BCUT2D eigenvalue weighted by Crippen LogP contribution is -2.37. The van der Waals surface area contributed by atoms with Gasteiger partial charge >= 0.3 is 0 Å². The van der Waals surface area contributed by atoms with Gasteiger partial charge in [0.05, 0.1) is 6.04 Å². The van der Waals surface area contributed by atoms with E-state index in [1.54, 1.807) is 25.1 Å². The second-order valence-electron chi connectivity index (χ2n) is 4.40. The highest BCUT2D eigenvalue weighted by Gasteiger charge is 2.07. The molecule has 1 aromatic rings. The second kappa shape index (κ2) is 8.16. The van der Waals surface area contributed by atoms with Crippen LogP contribution >= 0.6 is 0 Å². The molecule has 1 aromatic carbocycles. The molecule has 110 valence electrons. The van der Waals surface area contributed by atoms with Crippen molar-refractivity contribution in [2.75, 3.05) is 13.2 Å². The minimum absolute atomic E-state index is 0.0243. The number of amides is 2. The van der Waals surface area contributed by atoms with E-state index in [1.807, 2.05) is 13.0 Å². The third-order valence-corrected chi connectivity index (χ3v) is 2.52. The van der Waals surface area contributed by atoms with Gasteiger partial charge in [-0.3, -0.25) is 9.59 Å². The molecule has 0 saturated heterocycles. The first kappa shape index (κ1) is 16.0. The molecule has 0 radical (unpaired) electrons. The minimum Gasteiger partial charge on any atom is -0.484 e. The molecule has 0 spiro atoms. The van der Waals surface area contributed by atoms with E-state index in [-0.39, 0.29) is 18.4 Å². The lowest BCUT2D eigenvalue weighted by molar-refractivity contribution is -0.123. The van der Waals surface area contributed by atoms with E-state index in [0.717, 1.165) is 5.56 Å². The molecule has 0 fully saturated rings. The van der Waals surface area contributed by atoms with Gasteiger partial charge in [0.2, 0.25) is 5.91 Å². The zero-order valence-electron chi connectivity index (χ0n) is 11.8. The van der Waals surface area contributed by atoms with Crippen LogP contribution in [0.5, 0.6) is 5.75 Å². The summed E-state index contributed by atoms with van der Waals surface area (Å²) in [6.07, 6.45) is 0. The fourth-order valence-corrected chi connectivity index (χ4v) is 1.49. The van der Waals surface area contributed by atoms with Gasteiger partial charge < -0.3 is 21.1 Å². The van der Waals surface area contributed by atoms with Crippen LogP contribution < -0.4 is 21.1 Å². The Kier molecular flexibility index (Phi) is 6.52. The largest absolute Gasteiger partial charge is 0.484 e. The topological polar surface area (TPSA) is 93.5 Å². The Morgan fingerprint density at radius 2 is 2.10 bits per heavy atom. The van der Waals surface area contributed by atoms with Gasteiger partial charge in [-0.05, 0) is 31.5 Å². The van der Waals surface area contributed by atoms with E-state index < -0.39 is 6.04 Å². The van der Waals surface area contributed by atoms with Crippen LogP contribution in [0.1, 0.15) is 19.4 Å². The summed E-state index contributed by atoms with van der Waals surface area (Å²) < 4.78 is 5.37. The molecule has 0 bridgehead atoms. The fraction of sp³-hybridized carbons (Fsp3) is 0.429. The first-order valence-corrected chi connectivity index (χ1v) is 6.54. The number of hydrogen-bond donors (Lipinski definition) is 3. The Morgan fingerprint density at radius 3 is 2.75 bits per heavy atom. The van der Waals surface area contributed by atoms with Crippen LogP contribution in [0.25, 0.3) is 0 Å². The zero-order valence-corrected chi connectivity index (χ0v) is 11.8. The molecule has 0 aliphatic carbocycles. The van der Waals surface area contributed by atoms with E-state index in [9.17, 15) is 9.59 Å². The van der Waals surface area contributed by atoms with Crippen molar-refractivity contribution in [3.8, 4) is 5.75 Å². The van der Waals surface area contributed by atoms with Crippen molar-refractivity contribution in [2.45, 2.75) is 26.4 Å². The molecule has 0 aromatic heterocycles. The van der Waals surface area contributed by atoms with Crippen LogP contribution in [0, 0.1) is 0 Å². The number of nitrogens with one attached hydrogen (secondary N) is 2. The Labute approximate surface area is 118 Å². The Bertz CT molecular complexity index is 461. The van der Waals surface area contributed by atoms with Gasteiger partial charge in [-0.15, -0.1) is 0 Å². The van der Waals surface area contributed by atoms with Gasteiger partial charge in [0.25, 0.3) is 5.91 Å². The predicted molar refractivity (Wildman–Crippen MR) is 76.1 cm³/mol. The SMILES string of the molecule is CCNC(=O)COc1cccc(CNC(=O)[C@H](C)N)c1. The van der Waals surface area contributed by atoms with Gasteiger partial charge in [0, 0.05) is 13.1 Å². The van der Waals surface area contributed by atoms with E-state index in [1.165, 1.54) is 0 Å². The molecule has 2 amide bonds. The molecule has 6 nitrogen and oxygen atoms in total. The number of carbonyl (C=O) groups excluding carboxylic acids is 2. The molecule has 1 atom stereocenters. The van der Waals surface area contributed by atoms with Gasteiger partial charge in [-0.1, -0.05) is 12.1 Å². The zero-order chi connectivity index (χ0) is 15.0. The predicted octanol–water partition coefficient (Wildman–Crippen LogP) is 0.165. The molecule has 1 rings (SSSR count). The summed E-state index contributed by atoms with van der Waals surface area (Å²) in [4.78, 5) is 22.7. The molecule has 0 aliphatic heterocycles. The lowest BCUT2D eigenvalue weighted by atomic mass is 10.2. The third kappa shape index (κ3) is 5.71. The number of carbonyl (C=O) groups is 2. The van der Waals surface area contributed by atoms with Crippen molar-refractivity contribution >= 4 is 11.8 Å². The summed E-state index contributed by atoms with van der Waals surface area (Å²) >= 11 is 0. The van der Waals surface area contributed by atoms with Crippen LogP contribution in [0.15, 0.2) is 24.3 Å². The van der Waals surface area contributed by atoms with Crippen molar-refractivity contribution < 1.29 is 14.3 Å². The van der Waals surface area contributed by atoms with Crippen LogP contribution in [0.3, 0.4) is 0 Å². The van der Waals surface area contributed by atoms with Crippen LogP contribution in [0.2, 0.25) is 0 Å². The fourth-order valence-electron chi connectivity index (χ4n) is 1.49. The lowest BCUT2D eigenvalue weighted by Gasteiger charge is -2.10. The summed E-state index contributed by atoms with van der Waals surface area (Å²) in [6.45, 7) is 4.40. The first-order valence-electron chi connectivity index (χ1n) is 6.54. The van der Waals surface area contributed by atoms with Gasteiger partial charge in [0.1, 0.15) is 5.75 Å². The highest BCUT2D eigenvalue weighted by molar-refractivity contribution is 5.80. The standard InChI is InChI=1S/C14H21N3O3/c1-3-16-13(18)9-20-12-6-4-5-11(7-12)8-17-14(19)10(2)15/h4-7,10H,3,8-9,15H2,1-2H3,(H,16,18)(H,17,19)/t10-/m0/s1. The van der Waals surface area contributed by atoms with Crippen molar-refractivity contribution in [2.24, 2.45) is 5.73 Å². The minimum atomic E-state index is -0.535. The molecule has 0 unspecified atom stereocenters. The van der Waals surface area contributed by atoms with E-state index in [0.29, 0.717) is 18.8 Å². The van der Waals surface area contributed by atoms with Gasteiger partial charge in [-0.25, -0.2) is 0 Å². The van der Waals surface area contributed by atoms with Gasteiger partial charge in [0.15, 0.2) is 6.61 Å². The van der Waals surface area contributed by atoms with E-state index in [4.69, 9.17) is 10.5 Å². The molecule has 4 N–H and O–H groups in total. The highest BCUT2D eigenvalue weighted by Crippen LogP contribution is 2.13. The summed E-state index contributed by atoms with van der Waals surface area (Å²) in [5.41, 5.74) is 6.34. The number of benzene rings is 1. The molecule has 20 heavy (non-hydrogen) atoms. The number of ether oxygens (including phenoxy) is 1. The summed E-state index contributed by atoms with van der Waals surface area (Å²) in [5, 5.41) is 5.36. The molecule has 6 heteroatoms. The van der Waals surface area contributed by atoms with Crippen molar-refractivity contribution in [1.82, 2.24) is 10.6 Å². The van der Waals surface area contributed by atoms with Crippen molar-refractivity contribution in [3.63, 3.8) is 0 Å². The van der Waals surface area contributed by atoms with Gasteiger partial charge in [-0.2, -0.15) is 0 Å². The van der Waals surface area contributed by atoms with E-state index >= 15 is 0 Å². The quantitative estimate of drug-likeness (QED) is 0.663. The summed E-state index contributed by atoms with van der Waals surface area (Å²) in [6, 6.07) is 6.67. The number of rotatable bonds is 7. The molecular formula is C14H21N3O3. The van der Waals surface area contributed by atoms with Crippen molar-refractivity contribution in [1.29, 1.82) is 0 Å². The summed E-state index contributed by atoms with van der Waals surface area (Å²) in [7, 11) is 0. The third-order valence-electron chi connectivity index (χ3n) is 2.52.